The molecule has 21 heavy (non-hydrogen) atoms. The number of nitrogens with zero attached hydrogens (tertiary/aromatic N) is 1. The molecule has 0 spiro atoms. The fourth-order valence-electron chi connectivity index (χ4n) is 1.93. The number of allylic oxidation sites excluding steroid dienone is 3. The second-order valence-corrected chi connectivity index (χ2v) is 4.60. The lowest BCUT2D eigenvalue weighted by Crippen LogP contribution is -2.12. The summed E-state index contributed by atoms with van der Waals surface area (Å²) in [6.07, 6.45) is 3.41. The topological polar surface area (TPSA) is 107 Å². The van der Waals surface area contributed by atoms with E-state index in [1.807, 2.05) is 6.92 Å². The van der Waals surface area contributed by atoms with E-state index in [2.05, 4.69) is 4.99 Å². The van der Waals surface area contributed by atoms with Gasteiger partial charge >= 0.3 is 0 Å². The minimum absolute atomic E-state index is 0.397. The third-order valence-corrected chi connectivity index (χ3v) is 3.15. The summed E-state index contributed by atoms with van der Waals surface area (Å²) >= 11 is 0. The second-order valence-electron chi connectivity index (χ2n) is 4.60. The first-order valence-electron chi connectivity index (χ1n) is 6.31. The fraction of sp³-hybridized carbons (Fsp3) is 0.200. The molecule has 0 unspecified atom stereocenters. The van der Waals surface area contributed by atoms with Crippen molar-refractivity contribution in [2.45, 2.75) is 6.92 Å². The Hall–Kier alpha value is -2.76. The predicted octanol–water partition coefficient (Wildman–Crippen LogP) is 2.44. The van der Waals surface area contributed by atoms with E-state index in [9.17, 15) is 0 Å². The zero-order chi connectivity index (χ0) is 15.6. The molecule has 1 aromatic rings. The molecule has 2 rings (SSSR count). The Kier molecular flexibility index (Phi) is 3.98. The van der Waals surface area contributed by atoms with Gasteiger partial charge in [0.15, 0.2) is 0 Å². The van der Waals surface area contributed by atoms with Crippen LogP contribution in [0.5, 0.6) is 5.75 Å². The third-order valence-electron chi connectivity index (χ3n) is 3.15. The molecule has 5 N–H and O–H groups in total. The molecule has 6 heteroatoms. The van der Waals surface area contributed by atoms with E-state index in [4.69, 9.17) is 26.4 Å². The molecule has 0 atom stereocenters. The van der Waals surface area contributed by atoms with Gasteiger partial charge in [0.25, 0.3) is 0 Å². The highest BCUT2D eigenvalue weighted by atomic mass is 16.5. The molecule has 0 saturated heterocycles. The van der Waals surface area contributed by atoms with Crippen LogP contribution in [-0.2, 0) is 4.74 Å². The number of aliphatic imine (C=N–C) groups is 1. The molecule has 0 heterocycles. The average molecular weight is 286 g/mol. The van der Waals surface area contributed by atoms with Gasteiger partial charge in [-0.05, 0) is 24.6 Å². The molecule has 0 saturated carbocycles. The standard InChI is InChI=1S/C15H18N4O2/c1-8-4-13(15(21-3)6-9(8)16)19-12-7-14(20-2)11(18)5-10(12)17/h4-7,16H,17-18H2,1-3H3. The molecule has 0 aromatic heterocycles. The number of hydrogen-bond donors (Lipinski definition) is 3. The first-order chi connectivity index (χ1) is 9.96. The summed E-state index contributed by atoms with van der Waals surface area (Å²) in [5.74, 6) is 1.02. The largest absolute Gasteiger partial charge is 0.495 e. The van der Waals surface area contributed by atoms with Crippen molar-refractivity contribution in [1.29, 1.82) is 5.41 Å². The summed E-state index contributed by atoms with van der Waals surface area (Å²) in [6.45, 7) is 1.84. The summed E-state index contributed by atoms with van der Waals surface area (Å²) in [5.41, 5.74) is 15.0. The van der Waals surface area contributed by atoms with Crippen LogP contribution in [-0.4, -0.2) is 25.6 Å². The zero-order valence-electron chi connectivity index (χ0n) is 12.2. The number of ether oxygens (including phenoxy) is 2. The molecule has 110 valence electrons. The maximum absolute atomic E-state index is 7.79. The smallest absolute Gasteiger partial charge is 0.146 e. The second kappa shape index (κ2) is 5.70. The van der Waals surface area contributed by atoms with Crippen molar-refractivity contribution in [3.8, 4) is 5.75 Å². The number of benzene rings is 1. The number of methoxy groups -OCH3 is 2. The molecule has 1 aromatic carbocycles. The van der Waals surface area contributed by atoms with E-state index in [1.54, 1.807) is 24.3 Å². The number of hydrogen-bond acceptors (Lipinski definition) is 6. The Bertz CT molecular complexity index is 687. The van der Waals surface area contributed by atoms with E-state index in [0.29, 0.717) is 40.0 Å². The van der Waals surface area contributed by atoms with Crippen molar-refractivity contribution < 1.29 is 9.47 Å². The van der Waals surface area contributed by atoms with Crippen LogP contribution < -0.4 is 16.2 Å². The maximum Gasteiger partial charge on any atom is 0.146 e. The number of nitrogens with one attached hydrogen (secondary N) is 1. The van der Waals surface area contributed by atoms with E-state index < -0.39 is 0 Å². The molecule has 0 radical (unpaired) electrons. The summed E-state index contributed by atoms with van der Waals surface area (Å²) < 4.78 is 10.4. The van der Waals surface area contributed by atoms with Gasteiger partial charge in [0.1, 0.15) is 17.2 Å². The van der Waals surface area contributed by atoms with Crippen LogP contribution in [0.1, 0.15) is 6.92 Å². The molecule has 0 amide bonds. The molecule has 0 fully saturated rings. The van der Waals surface area contributed by atoms with Crippen molar-refractivity contribution in [1.82, 2.24) is 0 Å². The van der Waals surface area contributed by atoms with Gasteiger partial charge in [-0.25, -0.2) is 4.99 Å². The molecule has 1 aliphatic carbocycles. The minimum Gasteiger partial charge on any atom is -0.495 e. The van der Waals surface area contributed by atoms with E-state index in [1.165, 1.54) is 14.2 Å². The monoisotopic (exact) mass is 286 g/mol. The summed E-state index contributed by atoms with van der Waals surface area (Å²) in [7, 11) is 3.07. The number of rotatable bonds is 3. The van der Waals surface area contributed by atoms with Gasteiger partial charge < -0.3 is 26.4 Å². The van der Waals surface area contributed by atoms with E-state index in [0.717, 1.165) is 5.57 Å². The molecule has 6 nitrogen and oxygen atoms in total. The van der Waals surface area contributed by atoms with Gasteiger partial charge in [0, 0.05) is 12.1 Å². The van der Waals surface area contributed by atoms with Gasteiger partial charge in [0.2, 0.25) is 0 Å². The van der Waals surface area contributed by atoms with Gasteiger partial charge in [-0.1, -0.05) is 0 Å². The first kappa shape index (κ1) is 14.6. The Morgan fingerprint density at radius 3 is 2.38 bits per heavy atom. The van der Waals surface area contributed by atoms with Crippen LogP contribution >= 0.6 is 0 Å². The zero-order valence-corrected chi connectivity index (χ0v) is 12.2. The maximum atomic E-state index is 7.79. The Morgan fingerprint density at radius 2 is 1.76 bits per heavy atom. The SMILES string of the molecule is COC1=CC(=N)C(C)=CC1=Nc1cc(OC)c(N)cc1N. The van der Waals surface area contributed by atoms with E-state index in [-0.39, 0.29) is 0 Å². The predicted molar refractivity (Wildman–Crippen MR) is 85.5 cm³/mol. The first-order valence-corrected chi connectivity index (χ1v) is 6.31. The molecular formula is C15H18N4O2. The minimum atomic E-state index is 0.397. The Balaban J connectivity index is 2.52. The van der Waals surface area contributed by atoms with Crippen molar-refractivity contribution >= 4 is 28.5 Å². The van der Waals surface area contributed by atoms with Gasteiger partial charge in [0.05, 0.1) is 37.0 Å². The van der Waals surface area contributed by atoms with Gasteiger partial charge in [-0.2, -0.15) is 0 Å². The lowest BCUT2D eigenvalue weighted by atomic mass is 10.0. The average Bonchev–Trinajstić information content (AvgIpc) is 2.45. The Labute approximate surface area is 123 Å². The summed E-state index contributed by atoms with van der Waals surface area (Å²) in [4.78, 5) is 4.49. The molecular weight excluding hydrogens is 268 g/mol. The van der Waals surface area contributed by atoms with Gasteiger partial charge in [-0.15, -0.1) is 0 Å². The van der Waals surface area contributed by atoms with Crippen molar-refractivity contribution in [2.75, 3.05) is 25.7 Å². The highest BCUT2D eigenvalue weighted by molar-refractivity contribution is 6.22. The highest BCUT2D eigenvalue weighted by Crippen LogP contribution is 2.33. The van der Waals surface area contributed by atoms with Crippen LogP contribution in [0.15, 0.2) is 40.6 Å². The summed E-state index contributed by atoms with van der Waals surface area (Å²) in [5, 5.41) is 7.79. The van der Waals surface area contributed by atoms with Crippen LogP contribution in [0.2, 0.25) is 0 Å². The lowest BCUT2D eigenvalue weighted by Gasteiger charge is -2.14. The van der Waals surface area contributed by atoms with Crippen molar-refractivity contribution in [3.05, 3.63) is 35.6 Å². The van der Waals surface area contributed by atoms with Crippen molar-refractivity contribution in [2.24, 2.45) is 4.99 Å². The van der Waals surface area contributed by atoms with Crippen LogP contribution in [0.25, 0.3) is 0 Å². The molecule has 0 aliphatic heterocycles. The summed E-state index contributed by atoms with van der Waals surface area (Å²) in [6, 6.07) is 3.28. The van der Waals surface area contributed by atoms with Crippen LogP contribution in [0.3, 0.4) is 0 Å². The van der Waals surface area contributed by atoms with Crippen LogP contribution in [0, 0.1) is 5.41 Å². The normalized spacial score (nSPS) is 16.5. The van der Waals surface area contributed by atoms with Gasteiger partial charge in [-0.3, -0.25) is 0 Å². The lowest BCUT2D eigenvalue weighted by molar-refractivity contribution is 0.316. The number of anilines is 2. The van der Waals surface area contributed by atoms with Crippen LogP contribution in [0.4, 0.5) is 17.1 Å². The number of nitrogen functional groups attached to an aromatic ring is 2. The quantitative estimate of drug-likeness (QED) is 0.586. The fourth-order valence-corrected chi connectivity index (χ4v) is 1.93. The van der Waals surface area contributed by atoms with E-state index >= 15 is 0 Å². The third kappa shape index (κ3) is 2.89. The Morgan fingerprint density at radius 1 is 1.05 bits per heavy atom. The number of nitrogens with two attached hydrogens (primary N) is 2. The molecule has 0 bridgehead atoms. The molecule has 1 aliphatic rings. The van der Waals surface area contributed by atoms with Crippen molar-refractivity contribution in [3.63, 3.8) is 0 Å². The highest BCUT2D eigenvalue weighted by Gasteiger charge is 2.15.